The standard InChI is InChI=1S/C21H18ClF3N4O3/c1-13(9-10-26-31-12-14-3-2-4-17(22)11-14)27-19(30)16-7-5-15(6-8-16)18-28-20(32-29-18)21(23,24)25/h2-8,10-11,13H,9,12H2,1H3,(H,27,30)/b26-10-. The van der Waals surface area contributed by atoms with Crippen LogP contribution in [0.1, 0.15) is 35.2 Å². The average Bonchev–Trinajstić information content (AvgIpc) is 3.24. The lowest BCUT2D eigenvalue weighted by molar-refractivity contribution is -0.159. The summed E-state index contributed by atoms with van der Waals surface area (Å²) in [4.78, 5) is 20.9. The Bertz CT molecular complexity index is 1080. The summed E-state index contributed by atoms with van der Waals surface area (Å²) in [5.41, 5.74) is 1.50. The van der Waals surface area contributed by atoms with Gasteiger partial charge in [-0.2, -0.15) is 18.2 Å². The zero-order chi connectivity index (χ0) is 23.1. The van der Waals surface area contributed by atoms with E-state index in [1.54, 1.807) is 25.3 Å². The van der Waals surface area contributed by atoms with Gasteiger partial charge in [-0.25, -0.2) is 0 Å². The third kappa shape index (κ3) is 6.55. The van der Waals surface area contributed by atoms with Crippen LogP contribution in [-0.2, 0) is 17.6 Å². The van der Waals surface area contributed by atoms with Crippen LogP contribution in [0, 0.1) is 0 Å². The molecule has 168 valence electrons. The van der Waals surface area contributed by atoms with E-state index < -0.39 is 12.1 Å². The molecular weight excluding hydrogens is 449 g/mol. The molecule has 0 fully saturated rings. The van der Waals surface area contributed by atoms with Gasteiger partial charge < -0.3 is 14.7 Å². The van der Waals surface area contributed by atoms with Crippen molar-refractivity contribution in [3.05, 3.63) is 70.6 Å². The number of hydrogen-bond donors (Lipinski definition) is 1. The summed E-state index contributed by atoms with van der Waals surface area (Å²) < 4.78 is 41.9. The number of carbonyl (C=O) groups excluding carboxylic acids is 1. The molecule has 32 heavy (non-hydrogen) atoms. The van der Waals surface area contributed by atoms with Gasteiger partial charge in [0.25, 0.3) is 5.91 Å². The minimum atomic E-state index is -4.72. The molecule has 7 nitrogen and oxygen atoms in total. The van der Waals surface area contributed by atoms with Gasteiger partial charge >= 0.3 is 12.1 Å². The summed E-state index contributed by atoms with van der Waals surface area (Å²) in [7, 11) is 0. The molecule has 1 atom stereocenters. The van der Waals surface area contributed by atoms with Gasteiger partial charge in [-0.15, -0.1) is 0 Å². The van der Waals surface area contributed by atoms with E-state index in [0.717, 1.165) is 5.56 Å². The van der Waals surface area contributed by atoms with Crippen LogP contribution in [0.5, 0.6) is 0 Å². The van der Waals surface area contributed by atoms with E-state index in [4.69, 9.17) is 16.4 Å². The van der Waals surface area contributed by atoms with E-state index in [9.17, 15) is 18.0 Å². The Morgan fingerprint density at radius 1 is 1.28 bits per heavy atom. The second-order valence-electron chi connectivity index (χ2n) is 6.80. The number of oxime groups is 1. The monoisotopic (exact) mass is 466 g/mol. The summed E-state index contributed by atoms with van der Waals surface area (Å²) in [5, 5.41) is 10.6. The highest BCUT2D eigenvalue weighted by Gasteiger charge is 2.38. The third-order valence-electron chi connectivity index (χ3n) is 4.18. The van der Waals surface area contributed by atoms with Crippen molar-refractivity contribution in [2.75, 3.05) is 0 Å². The highest BCUT2D eigenvalue weighted by atomic mass is 35.5. The maximum atomic E-state index is 12.6. The maximum absolute atomic E-state index is 12.6. The second-order valence-corrected chi connectivity index (χ2v) is 7.24. The molecule has 0 radical (unpaired) electrons. The molecular formula is C21H18ClF3N4O3. The van der Waals surface area contributed by atoms with Gasteiger partial charge in [0.2, 0.25) is 5.82 Å². The van der Waals surface area contributed by atoms with Crippen molar-refractivity contribution < 1.29 is 27.3 Å². The number of nitrogens with zero attached hydrogens (tertiary/aromatic N) is 3. The molecule has 0 bridgehead atoms. The zero-order valence-corrected chi connectivity index (χ0v) is 17.5. The molecule has 0 spiro atoms. The van der Waals surface area contributed by atoms with Gasteiger partial charge in [0.15, 0.2) is 0 Å². The normalized spacial score (nSPS) is 12.7. The van der Waals surface area contributed by atoms with Crippen LogP contribution in [0.2, 0.25) is 5.02 Å². The van der Waals surface area contributed by atoms with E-state index in [2.05, 4.69) is 25.1 Å². The molecule has 3 aromatic rings. The number of amides is 1. The molecule has 1 N–H and O–H groups in total. The SMILES string of the molecule is CC(C/C=N\OCc1cccc(Cl)c1)NC(=O)c1ccc(-c2noc(C(F)(F)F)n2)cc1. The quantitative estimate of drug-likeness (QED) is 0.367. The van der Waals surface area contributed by atoms with Crippen LogP contribution >= 0.6 is 11.6 Å². The first-order chi connectivity index (χ1) is 15.2. The Kier molecular flexibility index (Phi) is 7.47. The van der Waals surface area contributed by atoms with Gasteiger partial charge in [-0.3, -0.25) is 4.79 Å². The van der Waals surface area contributed by atoms with Gasteiger partial charge in [0, 0.05) is 34.8 Å². The van der Waals surface area contributed by atoms with Crippen molar-refractivity contribution in [2.45, 2.75) is 32.2 Å². The number of hydrogen-bond acceptors (Lipinski definition) is 6. The number of benzene rings is 2. The van der Waals surface area contributed by atoms with Crippen molar-refractivity contribution >= 4 is 23.7 Å². The van der Waals surface area contributed by atoms with Crippen LogP contribution in [0.25, 0.3) is 11.4 Å². The van der Waals surface area contributed by atoms with E-state index >= 15 is 0 Å². The number of carbonyl (C=O) groups is 1. The predicted molar refractivity (Wildman–Crippen MR) is 111 cm³/mol. The van der Waals surface area contributed by atoms with Crippen LogP contribution in [0.4, 0.5) is 13.2 Å². The Balaban J connectivity index is 1.47. The number of alkyl halides is 3. The van der Waals surface area contributed by atoms with E-state index in [1.165, 1.54) is 24.3 Å². The largest absolute Gasteiger partial charge is 0.471 e. The highest BCUT2D eigenvalue weighted by Crippen LogP contribution is 2.29. The van der Waals surface area contributed by atoms with E-state index in [0.29, 0.717) is 17.0 Å². The molecule has 1 unspecified atom stereocenters. The van der Waals surface area contributed by atoms with Crippen molar-refractivity contribution in [3.63, 3.8) is 0 Å². The summed E-state index contributed by atoms with van der Waals surface area (Å²) in [6.45, 7) is 2.07. The van der Waals surface area contributed by atoms with Crippen molar-refractivity contribution in [1.82, 2.24) is 15.5 Å². The molecule has 3 rings (SSSR count). The number of rotatable bonds is 8. The van der Waals surface area contributed by atoms with Gasteiger partial charge in [0.05, 0.1) is 0 Å². The first-order valence-corrected chi connectivity index (χ1v) is 9.80. The minimum absolute atomic E-state index is 0.216. The number of halogens is 4. The third-order valence-corrected chi connectivity index (χ3v) is 4.41. The summed E-state index contributed by atoms with van der Waals surface area (Å²) >= 11 is 5.90. The van der Waals surface area contributed by atoms with Crippen LogP contribution in [0.3, 0.4) is 0 Å². The fourth-order valence-corrected chi connectivity index (χ4v) is 2.80. The summed E-state index contributed by atoms with van der Waals surface area (Å²) in [6, 6.07) is 12.8. The van der Waals surface area contributed by atoms with Crippen LogP contribution in [-0.4, -0.2) is 28.3 Å². The number of aromatic nitrogens is 2. The Hall–Kier alpha value is -3.40. The lowest BCUT2D eigenvalue weighted by Gasteiger charge is -2.11. The molecule has 2 aromatic carbocycles. The van der Waals surface area contributed by atoms with Crippen LogP contribution in [0.15, 0.2) is 58.2 Å². The van der Waals surface area contributed by atoms with Gasteiger partial charge in [-0.1, -0.05) is 46.2 Å². The lowest BCUT2D eigenvalue weighted by Crippen LogP contribution is -2.32. The minimum Gasteiger partial charge on any atom is -0.391 e. The molecule has 0 aliphatic rings. The summed E-state index contributed by atoms with van der Waals surface area (Å²) in [6.07, 6.45) is -2.74. The molecule has 0 aliphatic carbocycles. The number of nitrogens with one attached hydrogen (secondary N) is 1. The molecule has 1 aromatic heterocycles. The van der Waals surface area contributed by atoms with E-state index in [1.807, 2.05) is 12.1 Å². The average molecular weight is 467 g/mol. The van der Waals surface area contributed by atoms with Crippen molar-refractivity contribution in [1.29, 1.82) is 0 Å². The predicted octanol–water partition coefficient (Wildman–Crippen LogP) is 5.12. The Morgan fingerprint density at radius 2 is 2.03 bits per heavy atom. The first-order valence-electron chi connectivity index (χ1n) is 9.43. The molecule has 0 aliphatic heterocycles. The highest BCUT2D eigenvalue weighted by molar-refractivity contribution is 6.30. The fourth-order valence-electron chi connectivity index (χ4n) is 2.59. The molecule has 11 heteroatoms. The molecule has 0 saturated heterocycles. The maximum Gasteiger partial charge on any atom is 0.471 e. The van der Waals surface area contributed by atoms with E-state index in [-0.39, 0.29) is 29.9 Å². The molecule has 1 amide bonds. The molecule has 1 heterocycles. The van der Waals surface area contributed by atoms with Crippen LogP contribution < -0.4 is 5.32 Å². The zero-order valence-electron chi connectivity index (χ0n) is 16.8. The molecule has 0 saturated carbocycles. The van der Waals surface area contributed by atoms with Crippen molar-refractivity contribution in [3.8, 4) is 11.4 Å². The smallest absolute Gasteiger partial charge is 0.391 e. The second kappa shape index (κ2) is 10.3. The first kappa shape index (κ1) is 23.3. The van der Waals surface area contributed by atoms with Gasteiger partial charge in [-0.05, 0) is 36.8 Å². The summed E-state index contributed by atoms with van der Waals surface area (Å²) in [5.74, 6) is -1.99. The Morgan fingerprint density at radius 3 is 2.69 bits per heavy atom. The Labute approximate surface area is 186 Å². The fraction of sp³-hybridized carbons (Fsp3) is 0.238. The van der Waals surface area contributed by atoms with Gasteiger partial charge in [0.1, 0.15) is 6.61 Å². The lowest BCUT2D eigenvalue weighted by atomic mass is 10.1. The topological polar surface area (TPSA) is 89.6 Å². The van der Waals surface area contributed by atoms with Crippen molar-refractivity contribution in [2.24, 2.45) is 5.16 Å².